The lowest BCUT2D eigenvalue weighted by Gasteiger charge is -2.23. The number of ether oxygens (including phenoxy) is 1. The van der Waals surface area contributed by atoms with Crippen molar-refractivity contribution < 1.29 is 9.53 Å². The molecule has 6 nitrogen and oxygen atoms in total. The number of H-pyrrole nitrogens is 1. The first-order valence-electron chi connectivity index (χ1n) is 10.1. The Morgan fingerprint density at radius 2 is 1.78 bits per heavy atom. The van der Waals surface area contributed by atoms with E-state index in [9.17, 15) is 9.59 Å². The minimum Gasteiger partial charge on any atom is -0.496 e. The van der Waals surface area contributed by atoms with E-state index in [0.29, 0.717) is 34.6 Å². The molecule has 0 saturated heterocycles. The van der Waals surface area contributed by atoms with Crippen LogP contribution in [0.15, 0.2) is 82.5 Å². The smallest absolute Gasteiger partial charge is 0.258 e. The molecule has 162 valence electrons. The third-order valence-electron chi connectivity index (χ3n) is 5.15. The van der Waals surface area contributed by atoms with E-state index in [-0.39, 0.29) is 18.0 Å². The Morgan fingerprint density at radius 1 is 1.03 bits per heavy atom. The fraction of sp³-hybridized carbons (Fsp3) is 0.160. The molecule has 4 aromatic rings. The van der Waals surface area contributed by atoms with Gasteiger partial charge < -0.3 is 14.6 Å². The zero-order valence-electron chi connectivity index (χ0n) is 17.9. The van der Waals surface area contributed by atoms with Gasteiger partial charge in [0.1, 0.15) is 11.6 Å². The Labute approximate surface area is 190 Å². The van der Waals surface area contributed by atoms with E-state index in [0.717, 1.165) is 10.5 Å². The molecule has 0 spiro atoms. The molecule has 1 heterocycles. The van der Waals surface area contributed by atoms with Crippen LogP contribution in [0.3, 0.4) is 0 Å². The molecule has 0 aliphatic rings. The van der Waals surface area contributed by atoms with Gasteiger partial charge in [0, 0.05) is 11.4 Å². The summed E-state index contributed by atoms with van der Waals surface area (Å²) >= 11 is 1.58. The quantitative estimate of drug-likeness (QED) is 0.424. The number of carbonyl (C=O) groups is 1. The van der Waals surface area contributed by atoms with Gasteiger partial charge in [0.25, 0.3) is 11.5 Å². The third kappa shape index (κ3) is 4.68. The maximum Gasteiger partial charge on any atom is 0.258 e. The predicted octanol–water partition coefficient (Wildman–Crippen LogP) is 4.50. The molecule has 1 N–H and O–H groups in total. The van der Waals surface area contributed by atoms with Crippen LogP contribution in [0.1, 0.15) is 21.7 Å². The molecule has 0 saturated carbocycles. The van der Waals surface area contributed by atoms with Gasteiger partial charge in [0.15, 0.2) is 0 Å². The maximum absolute atomic E-state index is 13.6. The second-order valence-corrected chi connectivity index (χ2v) is 8.12. The molecule has 3 aromatic carbocycles. The first-order valence-corrected chi connectivity index (χ1v) is 11.3. The van der Waals surface area contributed by atoms with Crippen LogP contribution in [0.5, 0.6) is 5.75 Å². The van der Waals surface area contributed by atoms with Gasteiger partial charge in [-0.05, 0) is 42.2 Å². The number of hydrogen-bond acceptors (Lipinski definition) is 5. The highest BCUT2D eigenvalue weighted by atomic mass is 32.2. The van der Waals surface area contributed by atoms with Crippen molar-refractivity contribution in [1.29, 1.82) is 0 Å². The number of benzene rings is 3. The van der Waals surface area contributed by atoms with Gasteiger partial charge in [-0.2, -0.15) is 0 Å². The van der Waals surface area contributed by atoms with Crippen LogP contribution in [0.4, 0.5) is 0 Å². The molecule has 0 aliphatic carbocycles. The SMILES string of the molecule is COc1cc(SC)ccc1C(=O)N(Cc1ccccc1)Cc1nc2ccccc2c(=O)[nH]1. The summed E-state index contributed by atoms with van der Waals surface area (Å²) in [5.74, 6) is 0.742. The van der Waals surface area contributed by atoms with Crippen molar-refractivity contribution in [2.24, 2.45) is 0 Å². The van der Waals surface area contributed by atoms with Gasteiger partial charge >= 0.3 is 0 Å². The fourth-order valence-corrected chi connectivity index (χ4v) is 3.97. The lowest BCUT2D eigenvalue weighted by atomic mass is 10.1. The van der Waals surface area contributed by atoms with E-state index in [4.69, 9.17) is 4.74 Å². The zero-order valence-corrected chi connectivity index (χ0v) is 18.7. The topological polar surface area (TPSA) is 75.3 Å². The van der Waals surface area contributed by atoms with Gasteiger partial charge in [-0.1, -0.05) is 42.5 Å². The molecule has 1 amide bonds. The van der Waals surface area contributed by atoms with Crippen molar-refractivity contribution in [2.45, 2.75) is 18.0 Å². The van der Waals surface area contributed by atoms with E-state index in [1.807, 2.05) is 54.8 Å². The van der Waals surface area contributed by atoms with Crippen molar-refractivity contribution in [1.82, 2.24) is 14.9 Å². The van der Waals surface area contributed by atoms with Crippen LogP contribution in [-0.2, 0) is 13.1 Å². The molecule has 4 rings (SSSR count). The number of para-hydroxylation sites is 1. The molecule has 7 heteroatoms. The number of hydrogen-bond donors (Lipinski definition) is 1. The Hall–Kier alpha value is -3.58. The van der Waals surface area contributed by atoms with E-state index < -0.39 is 0 Å². The Kier molecular flexibility index (Phi) is 6.56. The van der Waals surface area contributed by atoms with Crippen LogP contribution >= 0.6 is 11.8 Å². The van der Waals surface area contributed by atoms with E-state index in [1.165, 1.54) is 0 Å². The molecule has 0 aliphatic heterocycles. The van der Waals surface area contributed by atoms with Gasteiger partial charge in [-0.15, -0.1) is 11.8 Å². The number of thioether (sulfide) groups is 1. The minimum absolute atomic E-state index is 0.154. The standard InChI is InChI=1S/C25H23N3O3S/c1-31-22-14-18(32-2)12-13-20(22)25(30)28(15-17-8-4-3-5-9-17)16-23-26-21-11-7-6-10-19(21)24(29)27-23/h3-14H,15-16H2,1-2H3,(H,26,27,29). The second-order valence-electron chi connectivity index (χ2n) is 7.24. The summed E-state index contributed by atoms with van der Waals surface area (Å²) in [5, 5.41) is 0.520. The monoisotopic (exact) mass is 445 g/mol. The minimum atomic E-state index is -0.223. The lowest BCUT2D eigenvalue weighted by molar-refractivity contribution is 0.0722. The van der Waals surface area contributed by atoms with E-state index in [1.54, 1.807) is 48.0 Å². The molecule has 32 heavy (non-hydrogen) atoms. The molecular formula is C25H23N3O3S. The zero-order chi connectivity index (χ0) is 22.5. The maximum atomic E-state index is 13.6. The normalized spacial score (nSPS) is 10.8. The van der Waals surface area contributed by atoms with Crippen LogP contribution in [0.2, 0.25) is 0 Å². The summed E-state index contributed by atoms with van der Waals surface area (Å²) < 4.78 is 5.50. The second kappa shape index (κ2) is 9.70. The van der Waals surface area contributed by atoms with Crippen LogP contribution < -0.4 is 10.3 Å². The van der Waals surface area contributed by atoms with E-state index >= 15 is 0 Å². The summed E-state index contributed by atoms with van der Waals surface area (Å²) in [6.45, 7) is 0.519. The summed E-state index contributed by atoms with van der Waals surface area (Å²) in [5.41, 5.74) is 1.81. The molecule has 0 unspecified atom stereocenters. The highest BCUT2D eigenvalue weighted by molar-refractivity contribution is 7.98. The van der Waals surface area contributed by atoms with Gasteiger partial charge in [-0.25, -0.2) is 4.98 Å². The summed E-state index contributed by atoms with van der Waals surface area (Å²) in [6, 6.07) is 22.4. The van der Waals surface area contributed by atoms with Crippen molar-refractivity contribution >= 4 is 28.6 Å². The third-order valence-corrected chi connectivity index (χ3v) is 5.87. The van der Waals surface area contributed by atoms with Crippen LogP contribution in [0, 0.1) is 0 Å². The molecular weight excluding hydrogens is 422 g/mol. The largest absolute Gasteiger partial charge is 0.496 e. The number of methoxy groups -OCH3 is 1. The average Bonchev–Trinajstić information content (AvgIpc) is 2.83. The summed E-state index contributed by atoms with van der Waals surface area (Å²) in [7, 11) is 1.56. The molecule has 0 bridgehead atoms. The number of aromatic amines is 1. The number of nitrogens with zero attached hydrogens (tertiary/aromatic N) is 2. The molecule has 0 fully saturated rings. The van der Waals surface area contributed by atoms with Crippen molar-refractivity contribution in [3.05, 3.63) is 100 Å². The number of carbonyl (C=O) groups excluding carboxylic acids is 1. The van der Waals surface area contributed by atoms with Gasteiger partial charge in [0.05, 0.1) is 30.1 Å². The van der Waals surface area contributed by atoms with Gasteiger partial charge in [-0.3, -0.25) is 9.59 Å². The highest BCUT2D eigenvalue weighted by Gasteiger charge is 2.22. The number of aromatic nitrogens is 2. The van der Waals surface area contributed by atoms with E-state index in [2.05, 4.69) is 9.97 Å². The molecule has 0 radical (unpaired) electrons. The molecule has 0 atom stereocenters. The Bertz CT molecular complexity index is 1300. The first kappa shape index (κ1) is 21.6. The summed E-state index contributed by atoms with van der Waals surface area (Å²) in [6.07, 6.45) is 1.97. The number of amides is 1. The first-order chi connectivity index (χ1) is 15.6. The van der Waals surface area contributed by atoms with Crippen LogP contribution in [-0.4, -0.2) is 34.1 Å². The predicted molar refractivity (Wildman–Crippen MR) is 127 cm³/mol. The van der Waals surface area contributed by atoms with Crippen LogP contribution in [0.25, 0.3) is 10.9 Å². The lowest BCUT2D eigenvalue weighted by Crippen LogP contribution is -2.32. The number of nitrogens with one attached hydrogen (secondary N) is 1. The number of fused-ring (bicyclic) bond motifs is 1. The Balaban J connectivity index is 1.72. The molecule has 1 aromatic heterocycles. The van der Waals surface area contributed by atoms with Crippen molar-refractivity contribution in [3.63, 3.8) is 0 Å². The highest BCUT2D eigenvalue weighted by Crippen LogP contribution is 2.27. The number of rotatable bonds is 7. The van der Waals surface area contributed by atoms with Crippen molar-refractivity contribution in [2.75, 3.05) is 13.4 Å². The summed E-state index contributed by atoms with van der Waals surface area (Å²) in [4.78, 5) is 36.2. The fourth-order valence-electron chi connectivity index (χ4n) is 3.54. The van der Waals surface area contributed by atoms with Gasteiger partial charge in [0.2, 0.25) is 0 Å². The van der Waals surface area contributed by atoms with Crippen molar-refractivity contribution in [3.8, 4) is 5.75 Å². The Morgan fingerprint density at radius 3 is 2.53 bits per heavy atom. The average molecular weight is 446 g/mol.